The van der Waals surface area contributed by atoms with Gasteiger partial charge in [-0.25, -0.2) is 0 Å². The molecule has 3 heteroatoms. The van der Waals surface area contributed by atoms with Crippen molar-refractivity contribution < 1.29 is 4.74 Å². The lowest BCUT2D eigenvalue weighted by Gasteiger charge is -2.42. The number of ether oxygens (including phenoxy) is 1. The van der Waals surface area contributed by atoms with Crippen molar-refractivity contribution in [2.45, 2.75) is 45.7 Å². The zero-order valence-corrected chi connectivity index (χ0v) is 13.4. The first kappa shape index (κ1) is 16.0. The van der Waals surface area contributed by atoms with Gasteiger partial charge in [0.25, 0.3) is 0 Å². The molecule has 0 saturated carbocycles. The minimum atomic E-state index is -0.0900. The van der Waals surface area contributed by atoms with Crippen LogP contribution in [0.1, 0.15) is 43.0 Å². The Balaban J connectivity index is 3.37. The second kappa shape index (κ2) is 5.93. The van der Waals surface area contributed by atoms with Crippen LogP contribution in [0.3, 0.4) is 0 Å². The van der Waals surface area contributed by atoms with Crippen LogP contribution < -0.4 is 10.5 Å². The molecule has 0 aliphatic rings. The summed E-state index contributed by atoms with van der Waals surface area (Å²) >= 11 is 0. The normalized spacial score (nSPS) is 16.3. The fourth-order valence-corrected chi connectivity index (χ4v) is 2.63. The molecule has 0 bridgehead atoms. The molecule has 0 aromatic heterocycles. The van der Waals surface area contributed by atoms with Gasteiger partial charge >= 0.3 is 0 Å². The van der Waals surface area contributed by atoms with Crippen molar-refractivity contribution in [1.29, 1.82) is 0 Å². The van der Waals surface area contributed by atoms with E-state index in [0.29, 0.717) is 0 Å². The monoisotopic (exact) mass is 264 g/mol. The summed E-state index contributed by atoms with van der Waals surface area (Å²) in [6.45, 7) is 8.57. The van der Waals surface area contributed by atoms with Gasteiger partial charge in [-0.1, -0.05) is 13.0 Å². The van der Waals surface area contributed by atoms with Crippen LogP contribution in [0.2, 0.25) is 0 Å². The molecule has 19 heavy (non-hydrogen) atoms. The molecule has 2 N–H and O–H groups in total. The Bertz CT molecular complexity index is 443. The quantitative estimate of drug-likeness (QED) is 0.888. The fraction of sp³-hybridized carbons (Fsp3) is 0.625. The van der Waals surface area contributed by atoms with Gasteiger partial charge in [0.2, 0.25) is 0 Å². The summed E-state index contributed by atoms with van der Waals surface area (Å²) in [5, 5.41) is 0. The number of methoxy groups -OCH3 is 1. The van der Waals surface area contributed by atoms with Crippen molar-refractivity contribution >= 4 is 0 Å². The average molecular weight is 264 g/mol. The second-order valence-electron chi connectivity index (χ2n) is 5.78. The largest absolute Gasteiger partial charge is 0.496 e. The number of likely N-dealkylation sites (N-methyl/N-ethyl adjacent to an activating group) is 1. The molecule has 3 nitrogen and oxygen atoms in total. The molecule has 0 amide bonds. The third-order valence-corrected chi connectivity index (χ3v) is 4.43. The Morgan fingerprint density at radius 2 is 1.89 bits per heavy atom. The smallest absolute Gasteiger partial charge is 0.124 e. The molecule has 2 unspecified atom stereocenters. The molecule has 0 radical (unpaired) electrons. The Morgan fingerprint density at radius 1 is 1.32 bits per heavy atom. The van der Waals surface area contributed by atoms with E-state index in [-0.39, 0.29) is 11.6 Å². The van der Waals surface area contributed by atoms with Gasteiger partial charge in [0.1, 0.15) is 5.75 Å². The van der Waals surface area contributed by atoms with E-state index in [4.69, 9.17) is 10.5 Å². The Hall–Kier alpha value is -1.06. The molecule has 0 saturated heterocycles. The number of rotatable bonds is 5. The second-order valence-corrected chi connectivity index (χ2v) is 5.78. The Labute approximate surface area is 117 Å². The van der Waals surface area contributed by atoms with Crippen LogP contribution in [-0.2, 0) is 0 Å². The summed E-state index contributed by atoms with van der Waals surface area (Å²) in [5.74, 6) is 0.895. The molecule has 2 atom stereocenters. The van der Waals surface area contributed by atoms with E-state index in [9.17, 15) is 0 Å². The van der Waals surface area contributed by atoms with Crippen LogP contribution >= 0.6 is 0 Å². The minimum Gasteiger partial charge on any atom is -0.496 e. The van der Waals surface area contributed by atoms with Crippen LogP contribution in [-0.4, -0.2) is 31.6 Å². The van der Waals surface area contributed by atoms with Crippen molar-refractivity contribution in [2.24, 2.45) is 5.73 Å². The summed E-state index contributed by atoms with van der Waals surface area (Å²) in [5.41, 5.74) is 10.0. The molecule has 1 aromatic carbocycles. The lowest BCUT2D eigenvalue weighted by atomic mass is 9.81. The van der Waals surface area contributed by atoms with Crippen LogP contribution in [0, 0.1) is 13.8 Å². The van der Waals surface area contributed by atoms with Crippen molar-refractivity contribution in [2.75, 3.05) is 21.2 Å². The van der Waals surface area contributed by atoms with Crippen LogP contribution in [0.4, 0.5) is 0 Å². The van der Waals surface area contributed by atoms with Gasteiger partial charge in [0.05, 0.1) is 13.2 Å². The number of hydrogen-bond acceptors (Lipinski definition) is 3. The van der Waals surface area contributed by atoms with Gasteiger partial charge < -0.3 is 15.4 Å². The Morgan fingerprint density at radius 3 is 2.32 bits per heavy atom. The van der Waals surface area contributed by atoms with E-state index >= 15 is 0 Å². The summed E-state index contributed by atoms with van der Waals surface area (Å²) in [6.07, 6.45) is 0.984. The van der Waals surface area contributed by atoms with Gasteiger partial charge in [0, 0.05) is 11.1 Å². The van der Waals surface area contributed by atoms with E-state index in [2.05, 4.69) is 58.8 Å². The lowest BCUT2D eigenvalue weighted by Crippen LogP contribution is -2.49. The summed E-state index contributed by atoms with van der Waals surface area (Å²) in [6, 6.07) is 4.15. The molecule has 0 heterocycles. The minimum absolute atomic E-state index is 0.0805. The number of nitrogens with zero attached hydrogens (tertiary/aromatic N) is 1. The number of hydrogen-bond donors (Lipinski definition) is 1. The van der Waals surface area contributed by atoms with E-state index < -0.39 is 0 Å². The van der Waals surface area contributed by atoms with Gasteiger partial charge in [-0.2, -0.15) is 0 Å². The van der Waals surface area contributed by atoms with Gasteiger partial charge in [-0.15, -0.1) is 0 Å². The standard InChI is InChI=1S/C16H28N2O/c1-8-16(4,18(5)6)15(17)14-12(3)9-11(2)10-13(14)19-7/h9-10,15H,8,17H2,1-7H3. The highest BCUT2D eigenvalue weighted by atomic mass is 16.5. The van der Waals surface area contributed by atoms with Gasteiger partial charge in [0.15, 0.2) is 0 Å². The molecule has 108 valence electrons. The van der Waals surface area contributed by atoms with Crippen molar-refractivity contribution in [3.63, 3.8) is 0 Å². The lowest BCUT2D eigenvalue weighted by molar-refractivity contribution is 0.130. The maximum Gasteiger partial charge on any atom is 0.124 e. The van der Waals surface area contributed by atoms with Crippen molar-refractivity contribution in [3.05, 3.63) is 28.8 Å². The average Bonchev–Trinajstić information content (AvgIpc) is 2.35. The van der Waals surface area contributed by atoms with E-state index in [0.717, 1.165) is 17.7 Å². The zero-order chi connectivity index (χ0) is 14.8. The van der Waals surface area contributed by atoms with Crippen LogP contribution in [0.15, 0.2) is 12.1 Å². The summed E-state index contributed by atoms with van der Waals surface area (Å²) in [4.78, 5) is 2.20. The fourth-order valence-electron chi connectivity index (χ4n) is 2.63. The number of aryl methyl sites for hydroxylation is 2. The van der Waals surface area contributed by atoms with Crippen LogP contribution in [0.5, 0.6) is 5.75 Å². The third-order valence-electron chi connectivity index (χ3n) is 4.43. The molecule has 0 aliphatic carbocycles. The molecular formula is C16H28N2O. The maximum atomic E-state index is 6.59. The highest BCUT2D eigenvalue weighted by Crippen LogP contribution is 2.37. The summed E-state index contributed by atoms with van der Waals surface area (Å²) in [7, 11) is 5.88. The number of benzene rings is 1. The van der Waals surface area contributed by atoms with Gasteiger partial charge in [-0.05, 0) is 58.5 Å². The SMILES string of the molecule is CCC(C)(C(N)c1c(C)cc(C)cc1OC)N(C)C. The number of nitrogens with two attached hydrogens (primary N) is 1. The van der Waals surface area contributed by atoms with Crippen molar-refractivity contribution in [1.82, 2.24) is 4.90 Å². The highest BCUT2D eigenvalue weighted by Gasteiger charge is 2.35. The van der Waals surface area contributed by atoms with E-state index in [1.807, 2.05) is 0 Å². The molecule has 1 rings (SSSR count). The predicted molar refractivity (Wildman–Crippen MR) is 81.8 cm³/mol. The van der Waals surface area contributed by atoms with E-state index in [1.54, 1.807) is 7.11 Å². The van der Waals surface area contributed by atoms with Crippen molar-refractivity contribution in [3.8, 4) is 5.75 Å². The molecule has 1 aromatic rings. The third kappa shape index (κ3) is 2.93. The molecular weight excluding hydrogens is 236 g/mol. The topological polar surface area (TPSA) is 38.5 Å². The molecule has 0 spiro atoms. The summed E-state index contributed by atoms with van der Waals surface area (Å²) < 4.78 is 5.55. The first-order chi connectivity index (χ1) is 8.77. The molecule has 0 aliphatic heterocycles. The van der Waals surface area contributed by atoms with Gasteiger partial charge in [-0.3, -0.25) is 0 Å². The molecule has 0 fully saturated rings. The first-order valence-electron chi connectivity index (χ1n) is 6.86. The highest BCUT2D eigenvalue weighted by molar-refractivity contribution is 5.46. The maximum absolute atomic E-state index is 6.59. The van der Waals surface area contributed by atoms with E-state index in [1.165, 1.54) is 11.1 Å². The first-order valence-corrected chi connectivity index (χ1v) is 6.86. The zero-order valence-electron chi connectivity index (χ0n) is 13.4. The predicted octanol–water partition coefficient (Wildman–Crippen LogP) is 3.04. The Kier molecular flexibility index (Phi) is 4.99. The van der Waals surface area contributed by atoms with Crippen LogP contribution in [0.25, 0.3) is 0 Å².